The summed E-state index contributed by atoms with van der Waals surface area (Å²) in [5.74, 6) is 0.707. The summed E-state index contributed by atoms with van der Waals surface area (Å²) in [5.41, 5.74) is 1.64. The molecule has 1 fully saturated rings. The first-order chi connectivity index (χ1) is 7.70. The third-order valence-corrected chi connectivity index (χ3v) is 3.87. The quantitative estimate of drug-likeness (QED) is 0.780. The van der Waals surface area contributed by atoms with E-state index in [9.17, 15) is 4.79 Å². The van der Waals surface area contributed by atoms with Crippen molar-refractivity contribution in [3.8, 4) is 0 Å². The van der Waals surface area contributed by atoms with Crippen molar-refractivity contribution in [2.24, 2.45) is 5.92 Å². The third kappa shape index (κ3) is 2.43. The fourth-order valence-corrected chi connectivity index (χ4v) is 2.45. The normalized spacial score (nSPS) is 20.1. The molecule has 86 valence electrons. The van der Waals surface area contributed by atoms with E-state index in [1.165, 1.54) is 0 Å². The molecule has 1 saturated heterocycles. The molecule has 1 unspecified atom stereocenters. The number of hydrogen-bond donors (Lipinski definition) is 0. The van der Waals surface area contributed by atoms with E-state index in [-0.39, 0.29) is 5.91 Å². The van der Waals surface area contributed by atoms with Gasteiger partial charge >= 0.3 is 0 Å². The summed E-state index contributed by atoms with van der Waals surface area (Å²) in [6, 6.07) is 3.73. The van der Waals surface area contributed by atoms with Crippen LogP contribution in [0.4, 0.5) is 0 Å². The van der Waals surface area contributed by atoms with Gasteiger partial charge in [0, 0.05) is 30.3 Å². The number of alkyl halides is 1. The third-order valence-electron chi connectivity index (χ3n) is 2.95. The Bertz CT molecular complexity index is 377. The summed E-state index contributed by atoms with van der Waals surface area (Å²) in [5, 5.41) is 0.975. The number of amides is 1. The number of halogens is 1. The molecule has 0 aliphatic carbocycles. The summed E-state index contributed by atoms with van der Waals surface area (Å²) < 4.78 is 0. The number of likely N-dealkylation sites (tertiary alicyclic amines) is 1. The molecule has 2 heterocycles. The van der Waals surface area contributed by atoms with Crippen molar-refractivity contribution in [3.63, 3.8) is 0 Å². The average Bonchev–Trinajstić information content (AvgIpc) is 2.77. The lowest BCUT2D eigenvalue weighted by molar-refractivity contribution is 0.0788. The van der Waals surface area contributed by atoms with Crippen LogP contribution in [0.1, 0.15) is 22.5 Å². The van der Waals surface area contributed by atoms with E-state index in [1.807, 2.05) is 24.0 Å². The maximum atomic E-state index is 12.1. The fourth-order valence-electron chi connectivity index (χ4n) is 1.92. The van der Waals surface area contributed by atoms with E-state index < -0.39 is 0 Å². The van der Waals surface area contributed by atoms with Gasteiger partial charge in [-0.1, -0.05) is 15.9 Å². The van der Waals surface area contributed by atoms with Crippen LogP contribution >= 0.6 is 15.9 Å². The minimum Gasteiger partial charge on any atom is -0.338 e. The van der Waals surface area contributed by atoms with E-state index in [0.29, 0.717) is 11.5 Å². The minimum atomic E-state index is 0.107. The first kappa shape index (κ1) is 11.6. The lowest BCUT2D eigenvalue weighted by atomic mass is 10.2. The zero-order valence-corrected chi connectivity index (χ0v) is 10.9. The summed E-state index contributed by atoms with van der Waals surface area (Å²) in [6.07, 6.45) is 2.76. The number of hydrogen-bond acceptors (Lipinski definition) is 2. The molecule has 0 aromatic carbocycles. The molecule has 1 aromatic rings. The zero-order chi connectivity index (χ0) is 11.5. The van der Waals surface area contributed by atoms with Crippen LogP contribution in [0.3, 0.4) is 0 Å². The molecular weight excluding hydrogens is 268 g/mol. The summed E-state index contributed by atoms with van der Waals surface area (Å²) >= 11 is 3.47. The summed E-state index contributed by atoms with van der Waals surface area (Å²) in [4.78, 5) is 18.2. The molecular formula is C12H15BrN2O. The van der Waals surface area contributed by atoms with Gasteiger partial charge in [0.05, 0.1) is 5.56 Å². The smallest absolute Gasteiger partial charge is 0.255 e. The monoisotopic (exact) mass is 282 g/mol. The van der Waals surface area contributed by atoms with Gasteiger partial charge in [0.25, 0.3) is 5.91 Å². The molecule has 0 N–H and O–H groups in total. The molecule has 16 heavy (non-hydrogen) atoms. The highest BCUT2D eigenvalue weighted by Gasteiger charge is 2.26. The van der Waals surface area contributed by atoms with Crippen LogP contribution < -0.4 is 0 Å². The zero-order valence-electron chi connectivity index (χ0n) is 9.32. The largest absolute Gasteiger partial charge is 0.338 e. The van der Waals surface area contributed by atoms with E-state index in [1.54, 1.807) is 6.20 Å². The molecule has 4 heteroatoms. The lowest BCUT2D eigenvalue weighted by Gasteiger charge is -2.15. The summed E-state index contributed by atoms with van der Waals surface area (Å²) in [6.45, 7) is 3.64. The van der Waals surface area contributed by atoms with Gasteiger partial charge in [-0.15, -0.1) is 0 Å². The van der Waals surface area contributed by atoms with Crippen LogP contribution in [0.25, 0.3) is 0 Å². The van der Waals surface area contributed by atoms with Gasteiger partial charge in [-0.2, -0.15) is 0 Å². The number of carbonyl (C=O) groups is 1. The van der Waals surface area contributed by atoms with Crippen molar-refractivity contribution in [2.75, 3.05) is 18.4 Å². The molecule has 1 aliphatic heterocycles. The molecule has 2 rings (SSSR count). The van der Waals surface area contributed by atoms with Gasteiger partial charge in [0.15, 0.2) is 0 Å². The second kappa shape index (κ2) is 4.95. The number of aryl methyl sites for hydroxylation is 1. The maximum Gasteiger partial charge on any atom is 0.255 e. The van der Waals surface area contributed by atoms with Crippen molar-refractivity contribution >= 4 is 21.8 Å². The Hall–Kier alpha value is -0.900. The second-order valence-corrected chi connectivity index (χ2v) is 4.90. The van der Waals surface area contributed by atoms with Crippen LogP contribution in [0.2, 0.25) is 0 Å². The van der Waals surface area contributed by atoms with Gasteiger partial charge in [-0.25, -0.2) is 0 Å². The Balaban J connectivity index is 2.05. The first-order valence-corrected chi connectivity index (χ1v) is 6.60. The predicted molar refractivity (Wildman–Crippen MR) is 66.8 cm³/mol. The van der Waals surface area contributed by atoms with Gasteiger partial charge in [-0.05, 0) is 31.4 Å². The Kier molecular flexibility index (Phi) is 3.59. The van der Waals surface area contributed by atoms with Crippen molar-refractivity contribution < 1.29 is 4.79 Å². The highest BCUT2D eigenvalue weighted by Crippen LogP contribution is 2.20. The van der Waals surface area contributed by atoms with Crippen molar-refractivity contribution in [1.29, 1.82) is 0 Å². The fraction of sp³-hybridized carbons (Fsp3) is 0.500. The van der Waals surface area contributed by atoms with Crippen LogP contribution in [-0.2, 0) is 0 Å². The van der Waals surface area contributed by atoms with Gasteiger partial charge in [-0.3, -0.25) is 9.78 Å². The number of aromatic nitrogens is 1. The van der Waals surface area contributed by atoms with Crippen molar-refractivity contribution in [2.45, 2.75) is 13.3 Å². The maximum absolute atomic E-state index is 12.1. The van der Waals surface area contributed by atoms with Gasteiger partial charge < -0.3 is 4.90 Å². The van der Waals surface area contributed by atoms with E-state index in [0.717, 1.165) is 30.5 Å². The molecule has 0 bridgehead atoms. The molecule has 0 spiro atoms. The van der Waals surface area contributed by atoms with Crippen LogP contribution in [-0.4, -0.2) is 34.2 Å². The predicted octanol–water partition coefficient (Wildman–Crippen LogP) is 2.25. The van der Waals surface area contributed by atoms with Crippen LogP contribution in [0, 0.1) is 12.8 Å². The second-order valence-electron chi connectivity index (χ2n) is 4.25. The molecule has 0 saturated carbocycles. The van der Waals surface area contributed by atoms with Crippen molar-refractivity contribution in [3.05, 3.63) is 29.6 Å². The topological polar surface area (TPSA) is 33.2 Å². The molecule has 0 radical (unpaired) electrons. The van der Waals surface area contributed by atoms with Gasteiger partial charge in [0.2, 0.25) is 0 Å². The van der Waals surface area contributed by atoms with Crippen LogP contribution in [0.5, 0.6) is 0 Å². The Labute approximate surface area is 104 Å². The average molecular weight is 283 g/mol. The number of rotatable bonds is 2. The minimum absolute atomic E-state index is 0.107. The number of carbonyl (C=O) groups excluding carboxylic acids is 1. The Morgan fingerprint density at radius 1 is 1.62 bits per heavy atom. The van der Waals surface area contributed by atoms with E-state index in [4.69, 9.17) is 0 Å². The molecule has 1 aromatic heterocycles. The molecule has 3 nitrogen and oxygen atoms in total. The van der Waals surface area contributed by atoms with Crippen molar-refractivity contribution in [1.82, 2.24) is 9.88 Å². The Morgan fingerprint density at radius 3 is 3.00 bits per heavy atom. The number of pyridine rings is 1. The SMILES string of the molecule is Cc1ccc(C(=O)N2CCC(CBr)C2)cn1. The van der Waals surface area contributed by atoms with Crippen LogP contribution in [0.15, 0.2) is 18.3 Å². The summed E-state index contributed by atoms with van der Waals surface area (Å²) in [7, 11) is 0. The highest BCUT2D eigenvalue weighted by atomic mass is 79.9. The van der Waals surface area contributed by atoms with E-state index >= 15 is 0 Å². The Morgan fingerprint density at radius 2 is 2.44 bits per heavy atom. The highest BCUT2D eigenvalue weighted by molar-refractivity contribution is 9.09. The number of nitrogens with zero attached hydrogens (tertiary/aromatic N) is 2. The molecule has 1 atom stereocenters. The van der Waals surface area contributed by atoms with Gasteiger partial charge in [0.1, 0.15) is 0 Å². The molecule has 1 amide bonds. The standard InChI is InChI=1S/C12H15BrN2O/c1-9-2-3-11(7-14-9)12(16)15-5-4-10(6-13)8-15/h2-3,7,10H,4-6,8H2,1H3. The van der Waals surface area contributed by atoms with E-state index in [2.05, 4.69) is 20.9 Å². The molecule has 1 aliphatic rings. The lowest BCUT2D eigenvalue weighted by Crippen LogP contribution is -2.28. The first-order valence-electron chi connectivity index (χ1n) is 5.48.